The highest BCUT2D eigenvalue weighted by Gasteiger charge is 2.43. The number of fused-ring (bicyclic) bond motifs is 1. The Morgan fingerprint density at radius 3 is 2.96 bits per heavy atom. The molecule has 0 saturated heterocycles. The number of hydrogen-bond donors (Lipinski definition) is 2. The number of amides is 1. The Bertz CT molecular complexity index is 743. The SMILES string of the molecule is Cc1cccc(C2(C(=O)N[C@H]3CCc4[nH]ncc4C3)CCCC2)c1. The van der Waals surface area contributed by atoms with E-state index in [0.29, 0.717) is 0 Å². The standard InChI is InChI=1S/C20H25N3O/c1-14-5-4-6-16(11-14)20(9-2-3-10-20)19(24)22-17-7-8-18-15(12-17)13-21-23-18/h4-6,11,13,17H,2-3,7-10,12H2,1H3,(H,21,23)(H,22,24)/t17-/m0/s1. The van der Waals surface area contributed by atoms with E-state index < -0.39 is 0 Å². The van der Waals surface area contributed by atoms with Crippen LogP contribution in [0.4, 0.5) is 0 Å². The molecular formula is C20H25N3O. The van der Waals surface area contributed by atoms with Gasteiger partial charge in [0.25, 0.3) is 0 Å². The number of carbonyl (C=O) groups is 1. The number of aromatic amines is 1. The summed E-state index contributed by atoms with van der Waals surface area (Å²) in [5, 5.41) is 10.6. The zero-order chi connectivity index (χ0) is 16.6. The summed E-state index contributed by atoms with van der Waals surface area (Å²) in [7, 11) is 0. The highest BCUT2D eigenvalue weighted by Crippen LogP contribution is 2.42. The van der Waals surface area contributed by atoms with Crippen molar-refractivity contribution in [3.05, 3.63) is 52.8 Å². The van der Waals surface area contributed by atoms with Crippen LogP contribution in [0, 0.1) is 6.92 Å². The Hall–Kier alpha value is -2.10. The van der Waals surface area contributed by atoms with Gasteiger partial charge in [-0.25, -0.2) is 0 Å². The zero-order valence-corrected chi connectivity index (χ0v) is 14.3. The Morgan fingerprint density at radius 1 is 1.33 bits per heavy atom. The predicted molar refractivity (Wildman–Crippen MR) is 93.9 cm³/mol. The maximum absolute atomic E-state index is 13.3. The lowest BCUT2D eigenvalue weighted by molar-refractivity contribution is -0.127. The van der Waals surface area contributed by atoms with Crippen molar-refractivity contribution >= 4 is 5.91 Å². The minimum absolute atomic E-state index is 0.225. The van der Waals surface area contributed by atoms with E-state index in [0.717, 1.165) is 44.9 Å². The summed E-state index contributed by atoms with van der Waals surface area (Å²) in [6.45, 7) is 2.10. The Morgan fingerprint density at radius 2 is 2.17 bits per heavy atom. The van der Waals surface area contributed by atoms with E-state index in [1.165, 1.54) is 22.4 Å². The normalized spacial score (nSPS) is 22.1. The van der Waals surface area contributed by atoms with E-state index in [4.69, 9.17) is 0 Å². The monoisotopic (exact) mass is 323 g/mol. The second-order valence-electron chi connectivity index (χ2n) is 7.45. The van der Waals surface area contributed by atoms with Crippen LogP contribution in [0.1, 0.15) is 54.5 Å². The predicted octanol–water partition coefficient (Wildman–Crippen LogP) is 3.20. The van der Waals surface area contributed by atoms with Gasteiger partial charge in [0, 0.05) is 11.7 Å². The molecule has 2 aliphatic carbocycles. The van der Waals surface area contributed by atoms with Crippen molar-refractivity contribution in [3.8, 4) is 0 Å². The lowest BCUT2D eigenvalue weighted by Crippen LogP contribution is -2.48. The number of aromatic nitrogens is 2. The van der Waals surface area contributed by atoms with Crippen molar-refractivity contribution in [1.82, 2.24) is 15.5 Å². The van der Waals surface area contributed by atoms with Crippen LogP contribution in [-0.2, 0) is 23.1 Å². The summed E-state index contributed by atoms with van der Waals surface area (Å²) in [5.74, 6) is 0.225. The summed E-state index contributed by atoms with van der Waals surface area (Å²) in [6, 6.07) is 8.74. The summed E-state index contributed by atoms with van der Waals surface area (Å²) in [4.78, 5) is 13.3. The van der Waals surface area contributed by atoms with Crippen LogP contribution < -0.4 is 5.32 Å². The lowest BCUT2D eigenvalue weighted by Gasteiger charge is -2.32. The van der Waals surface area contributed by atoms with Gasteiger partial charge in [0.1, 0.15) is 0 Å². The van der Waals surface area contributed by atoms with Gasteiger partial charge < -0.3 is 5.32 Å². The third-order valence-electron chi connectivity index (χ3n) is 5.81. The molecule has 0 aliphatic heterocycles. The first-order valence-corrected chi connectivity index (χ1v) is 9.07. The largest absolute Gasteiger partial charge is 0.352 e. The molecule has 2 aliphatic rings. The van der Waals surface area contributed by atoms with Crippen LogP contribution in [0.25, 0.3) is 0 Å². The van der Waals surface area contributed by atoms with Crippen LogP contribution >= 0.6 is 0 Å². The second kappa shape index (κ2) is 6.08. The number of benzene rings is 1. The van der Waals surface area contributed by atoms with Crippen LogP contribution in [-0.4, -0.2) is 22.1 Å². The second-order valence-corrected chi connectivity index (χ2v) is 7.45. The molecule has 24 heavy (non-hydrogen) atoms. The Kier molecular flexibility index (Phi) is 3.91. The van der Waals surface area contributed by atoms with Crippen molar-refractivity contribution < 1.29 is 4.79 Å². The molecule has 126 valence electrons. The van der Waals surface area contributed by atoms with Gasteiger partial charge in [-0.2, -0.15) is 5.10 Å². The fraction of sp³-hybridized carbons (Fsp3) is 0.500. The van der Waals surface area contributed by atoms with E-state index in [-0.39, 0.29) is 17.4 Å². The first-order chi connectivity index (χ1) is 11.7. The van der Waals surface area contributed by atoms with Crippen LogP contribution in [0.5, 0.6) is 0 Å². The van der Waals surface area contributed by atoms with Gasteiger partial charge in [-0.3, -0.25) is 9.89 Å². The highest BCUT2D eigenvalue weighted by molar-refractivity contribution is 5.89. The topological polar surface area (TPSA) is 57.8 Å². The Labute approximate surface area is 143 Å². The number of carbonyl (C=O) groups excluding carboxylic acids is 1. The molecule has 1 saturated carbocycles. The third-order valence-corrected chi connectivity index (χ3v) is 5.81. The van der Waals surface area contributed by atoms with Crippen molar-refractivity contribution in [2.45, 2.75) is 63.3 Å². The van der Waals surface area contributed by atoms with Gasteiger partial charge in [-0.15, -0.1) is 0 Å². The van der Waals surface area contributed by atoms with Crippen LogP contribution in [0.15, 0.2) is 30.5 Å². The lowest BCUT2D eigenvalue weighted by atomic mass is 9.77. The molecule has 4 rings (SSSR count). The van der Waals surface area contributed by atoms with E-state index in [1.807, 2.05) is 6.20 Å². The van der Waals surface area contributed by atoms with Crippen molar-refractivity contribution in [3.63, 3.8) is 0 Å². The van der Waals surface area contributed by atoms with E-state index in [9.17, 15) is 4.79 Å². The molecular weight excluding hydrogens is 298 g/mol. The molecule has 1 atom stereocenters. The van der Waals surface area contributed by atoms with Gasteiger partial charge >= 0.3 is 0 Å². The average molecular weight is 323 g/mol. The number of rotatable bonds is 3. The molecule has 4 nitrogen and oxygen atoms in total. The van der Waals surface area contributed by atoms with Gasteiger partial charge in [-0.1, -0.05) is 42.7 Å². The summed E-state index contributed by atoms with van der Waals surface area (Å²) in [6.07, 6.45) is 8.96. The molecule has 1 aromatic carbocycles. The number of H-pyrrole nitrogens is 1. The van der Waals surface area contributed by atoms with E-state index in [2.05, 4.69) is 46.7 Å². The maximum atomic E-state index is 13.3. The van der Waals surface area contributed by atoms with Crippen LogP contribution in [0.3, 0.4) is 0 Å². The number of nitrogens with zero attached hydrogens (tertiary/aromatic N) is 1. The van der Waals surface area contributed by atoms with Gasteiger partial charge in [-0.05, 0) is 50.2 Å². The fourth-order valence-electron chi connectivity index (χ4n) is 4.43. The molecule has 1 heterocycles. The number of nitrogens with one attached hydrogen (secondary N) is 2. The molecule has 1 amide bonds. The summed E-state index contributed by atoms with van der Waals surface area (Å²) < 4.78 is 0. The molecule has 0 bridgehead atoms. The maximum Gasteiger partial charge on any atom is 0.230 e. The smallest absolute Gasteiger partial charge is 0.230 e. The van der Waals surface area contributed by atoms with Gasteiger partial charge in [0.05, 0.1) is 11.6 Å². The van der Waals surface area contributed by atoms with Crippen LogP contribution in [0.2, 0.25) is 0 Å². The number of hydrogen-bond acceptors (Lipinski definition) is 2. The van der Waals surface area contributed by atoms with E-state index in [1.54, 1.807) is 0 Å². The molecule has 0 spiro atoms. The van der Waals surface area contributed by atoms with Gasteiger partial charge in [0.2, 0.25) is 5.91 Å². The average Bonchev–Trinajstić information content (AvgIpc) is 3.24. The first-order valence-electron chi connectivity index (χ1n) is 9.07. The molecule has 0 unspecified atom stereocenters. The van der Waals surface area contributed by atoms with E-state index >= 15 is 0 Å². The highest BCUT2D eigenvalue weighted by atomic mass is 16.2. The molecule has 4 heteroatoms. The molecule has 1 fully saturated rings. The van der Waals surface area contributed by atoms with Crippen molar-refractivity contribution in [2.75, 3.05) is 0 Å². The molecule has 1 aromatic heterocycles. The van der Waals surface area contributed by atoms with Crippen molar-refractivity contribution in [2.24, 2.45) is 0 Å². The van der Waals surface area contributed by atoms with Crippen molar-refractivity contribution in [1.29, 1.82) is 0 Å². The molecule has 2 aromatic rings. The summed E-state index contributed by atoms with van der Waals surface area (Å²) >= 11 is 0. The number of aryl methyl sites for hydroxylation is 2. The molecule has 2 N–H and O–H groups in total. The first kappa shape index (κ1) is 15.4. The fourth-order valence-corrected chi connectivity index (χ4v) is 4.43. The third kappa shape index (κ3) is 2.64. The molecule has 0 radical (unpaired) electrons. The Balaban J connectivity index is 1.55. The minimum atomic E-state index is -0.331. The zero-order valence-electron chi connectivity index (χ0n) is 14.3. The quantitative estimate of drug-likeness (QED) is 0.911. The summed E-state index contributed by atoms with van der Waals surface area (Å²) in [5.41, 5.74) is 4.57. The van der Waals surface area contributed by atoms with Gasteiger partial charge in [0.15, 0.2) is 0 Å². The minimum Gasteiger partial charge on any atom is -0.352 e.